The Morgan fingerprint density at radius 2 is 1.95 bits per heavy atom. The number of nitrogens with one attached hydrogen (secondary N) is 1. The van der Waals surface area contributed by atoms with Crippen molar-refractivity contribution in [3.63, 3.8) is 0 Å². The lowest BCUT2D eigenvalue weighted by Crippen LogP contribution is -2.34. The van der Waals surface area contributed by atoms with Gasteiger partial charge in [-0.1, -0.05) is 41.9 Å². The summed E-state index contributed by atoms with van der Waals surface area (Å²) in [7, 11) is 0. The van der Waals surface area contributed by atoms with Crippen molar-refractivity contribution in [2.45, 2.75) is 32.4 Å². The van der Waals surface area contributed by atoms with E-state index in [-0.39, 0.29) is 11.9 Å². The number of carbonyl (C=O) groups is 1. The Labute approximate surface area is 135 Å². The van der Waals surface area contributed by atoms with Crippen molar-refractivity contribution in [1.29, 1.82) is 0 Å². The molecule has 1 amide bonds. The third-order valence-electron chi connectivity index (χ3n) is 3.44. The second-order valence-electron chi connectivity index (χ2n) is 5.30. The van der Waals surface area contributed by atoms with E-state index in [9.17, 15) is 9.90 Å². The molecular weight excluding hydrogens is 300 g/mol. The Morgan fingerprint density at radius 3 is 2.59 bits per heavy atom. The maximum absolute atomic E-state index is 12.2. The Bertz CT molecular complexity index is 646. The quantitative estimate of drug-likeness (QED) is 0.832. The van der Waals surface area contributed by atoms with Gasteiger partial charge < -0.3 is 10.4 Å². The highest BCUT2D eigenvalue weighted by Gasteiger charge is 2.16. The number of rotatable bonds is 5. The van der Waals surface area contributed by atoms with E-state index >= 15 is 0 Å². The molecule has 0 aliphatic heterocycles. The number of aliphatic hydroxyl groups is 1. The minimum Gasteiger partial charge on any atom is -0.388 e. The SMILES string of the molecule is Cc1nc(Cl)ccc1C(=O)NC(C)CC(O)c1ccccc1. The average molecular weight is 319 g/mol. The normalized spacial score (nSPS) is 13.5. The van der Waals surface area contributed by atoms with Crippen molar-refractivity contribution < 1.29 is 9.90 Å². The van der Waals surface area contributed by atoms with Crippen LogP contribution in [-0.2, 0) is 0 Å². The molecule has 0 fully saturated rings. The number of aliphatic hydroxyl groups excluding tert-OH is 1. The number of halogens is 1. The van der Waals surface area contributed by atoms with Crippen molar-refractivity contribution in [2.75, 3.05) is 0 Å². The topological polar surface area (TPSA) is 62.2 Å². The Hall–Kier alpha value is -1.91. The highest BCUT2D eigenvalue weighted by molar-refractivity contribution is 6.29. The molecule has 116 valence electrons. The lowest BCUT2D eigenvalue weighted by molar-refractivity contribution is 0.0916. The van der Waals surface area contributed by atoms with E-state index in [1.807, 2.05) is 37.3 Å². The molecule has 22 heavy (non-hydrogen) atoms. The van der Waals surface area contributed by atoms with Crippen LogP contribution in [0.15, 0.2) is 42.5 Å². The Kier molecular flexibility index (Phi) is 5.52. The standard InChI is InChI=1S/C17H19ClN2O2/c1-11(10-15(21)13-6-4-3-5-7-13)19-17(22)14-8-9-16(18)20-12(14)2/h3-9,11,15,21H,10H2,1-2H3,(H,19,22). The average Bonchev–Trinajstić information content (AvgIpc) is 2.47. The molecule has 0 aliphatic carbocycles. The van der Waals surface area contributed by atoms with Crippen molar-refractivity contribution in [2.24, 2.45) is 0 Å². The maximum atomic E-state index is 12.2. The van der Waals surface area contributed by atoms with Crippen LogP contribution in [0.3, 0.4) is 0 Å². The van der Waals surface area contributed by atoms with Crippen LogP contribution in [0.25, 0.3) is 0 Å². The van der Waals surface area contributed by atoms with Gasteiger partial charge in [-0.25, -0.2) is 4.98 Å². The van der Waals surface area contributed by atoms with Crippen LogP contribution in [0, 0.1) is 6.92 Å². The smallest absolute Gasteiger partial charge is 0.253 e. The molecule has 0 saturated carbocycles. The summed E-state index contributed by atoms with van der Waals surface area (Å²) in [4.78, 5) is 16.3. The summed E-state index contributed by atoms with van der Waals surface area (Å²) in [6, 6.07) is 12.5. The zero-order chi connectivity index (χ0) is 16.1. The first-order valence-electron chi connectivity index (χ1n) is 7.14. The summed E-state index contributed by atoms with van der Waals surface area (Å²) in [5, 5.41) is 13.4. The van der Waals surface area contributed by atoms with E-state index in [1.165, 1.54) is 0 Å². The summed E-state index contributed by atoms with van der Waals surface area (Å²) in [5.74, 6) is -0.213. The molecule has 1 heterocycles. The van der Waals surface area contributed by atoms with Gasteiger partial charge in [-0.15, -0.1) is 0 Å². The van der Waals surface area contributed by atoms with Gasteiger partial charge in [0.05, 0.1) is 17.4 Å². The number of nitrogens with zero attached hydrogens (tertiary/aromatic N) is 1. The Morgan fingerprint density at radius 1 is 1.27 bits per heavy atom. The highest BCUT2D eigenvalue weighted by atomic mass is 35.5. The molecule has 2 rings (SSSR count). The van der Waals surface area contributed by atoms with E-state index in [4.69, 9.17) is 11.6 Å². The van der Waals surface area contributed by atoms with E-state index in [0.717, 1.165) is 5.56 Å². The van der Waals surface area contributed by atoms with E-state index in [2.05, 4.69) is 10.3 Å². The first-order chi connectivity index (χ1) is 10.5. The first kappa shape index (κ1) is 16.5. The van der Waals surface area contributed by atoms with E-state index in [0.29, 0.717) is 22.8 Å². The number of hydrogen-bond donors (Lipinski definition) is 2. The molecule has 0 bridgehead atoms. The van der Waals surface area contributed by atoms with Crippen LogP contribution in [0.1, 0.15) is 41.1 Å². The molecule has 4 nitrogen and oxygen atoms in total. The zero-order valence-electron chi connectivity index (χ0n) is 12.6. The molecule has 1 aromatic heterocycles. The summed E-state index contributed by atoms with van der Waals surface area (Å²) < 4.78 is 0. The molecule has 0 spiro atoms. The van der Waals surface area contributed by atoms with Gasteiger partial charge in [-0.2, -0.15) is 0 Å². The summed E-state index contributed by atoms with van der Waals surface area (Å²) in [6.07, 6.45) is -0.170. The van der Waals surface area contributed by atoms with Crippen molar-refractivity contribution in [1.82, 2.24) is 10.3 Å². The van der Waals surface area contributed by atoms with Crippen LogP contribution in [-0.4, -0.2) is 22.0 Å². The van der Waals surface area contributed by atoms with Gasteiger partial charge >= 0.3 is 0 Å². The third-order valence-corrected chi connectivity index (χ3v) is 3.65. The van der Waals surface area contributed by atoms with Crippen molar-refractivity contribution in [3.8, 4) is 0 Å². The van der Waals surface area contributed by atoms with E-state index in [1.54, 1.807) is 19.1 Å². The third kappa shape index (κ3) is 4.29. The van der Waals surface area contributed by atoms with Crippen LogP contribution in [0.4, 0.5) is 0 Å². The first-order valence-corrected chi connectivity index (χ1v) is 7.52. The maximum Gasteiger partial charge on any atom is 0.253 e. The van der Waals surface area contributed by atoms with Gasteiger partial charge in [-0.3, -0.25) is 4.79 Å². The number of benzene rings is 1. The Balaban J connectivity index is 1.96. The number of carbonyl (C=O) groups excluding carboxylic acids is 1. The highest BCUT2D eigenvalue weighted by Crippen LogP contribution is 2.18. The van der Waals surface area contributed by atoms with Crippen molar-refractivity contribution >= 4 is 17.5 Å². The lowest BCUT2D eigenvalue weighted by atomic mass is 10.0. The van der Waals surface area contributed by atoms with Crippen LogP contribution in [0.5, 0.6) is 0 Å². The van der Waals surface area contributed by atoms with Crippen LogP contribution in [0.2, 0.25) is 5.15 Å². The minimum atomic E-state index is -0.610. The monoisotopic (exact) mass is 318 g/mol. The zero-order valence-corrected chi connectivity index (χ0v) is 13.3. The van der Waals surface area contributed by atoms with Gasteiger partial charge in [0, 0.05) is 6.04 Å². The van der Waals surface area contributed by atoms with Crippen LogP contribution < -0.4 is 5.32 Å². The molecule has 0 aliphatic rings. The van der Waals surface area contributed by atoms with Gasteiger partial charge in [0.1, 0.15) is 5.15 Å². The predicted molar refractivity (Wildman–Crippen MR) is 86.9 cm³/mol. The fourth-order valence-corrected chi connectivity index (χ4v) is 2.47. The molecule has 1 aromatic carbocycles. The number of pyridine rings is 1. The summed E-state index contributed by atoms with van der Waals surface area (Å²) in [5.41, 5.74) is 1.92. The molecule has 2 unspecified atom stereocenters. The summed E-state index contributed by atoms with van der Waals surface area (Å²) in [6.45, 7) is 3.60. The van der Waals surface area contributed by atoms with Gasteiger partial charge in [-0.05, 0) is 38.0 Å². The van der Waals surface area contributed by atoms with Crippen molar-refractivity contribution in [3.05, 3.63) is 64.4 Å². The lowest BCUT2D eigenvalue weighted by Gasteiger charge is -2.18. The number of aromatic nitrogens is 1. The minimum absolute atomic E-state index is 0.169. The van der Waals surface area contributed by atoms with Crippen LogP contribution >= 0.6 is 11.6 Å². The predicted octanol–water partition coefficient (Wildman–Crippen LogP) is 3.29. The molecule has 0 saturated heterocycles. The van der Waals surface area contributed by atoms with Gasteiger partial charge in [0.2, 0.25) is 0 Å². The number of hydrogen-bond acceptors (Lipinski definition) is 3. The fourth-order valence-electron chi connectivity index (χ4n) is 2.28. The molecule has 0 radical (unpaired) electrons. The number of amides is 1. The number of aryl methyl sites for hydroxylation is 1. The largest absolute Gasteiger partial charge is 0.388 e. The van der Waals surface area contributed by atoms with Gasteiger partial charge in [0.25, 0.3) is 5.91 Å². The second-order valence-corrected chi connectivity index (χ2v) is 5.69. The van der Waals surface area contributed by atoms with E-state index < -0.39 is 6.10 Å². The molecule has 2 aromatic rings. The molecule has 2 N–H and O–H groups in total. The molecular formula is C17H19ClN2O2. The van der Waals surface area contributed by atoms with Gasteiger partial charge in [0.15, 0.2) is 0 Å². The summed E-state index contributed by atoms with van der Waals surface area (Å²) >= 11 is 5.79. The molecule has 2 atom stereocenters. The second kappa shape index (κ2) is 7.38. The molecule has 5 heteroatoms. The fraction of sp³-hybridized carbons (Fsp3) is 0.294.